The summed E-state index contributed by atoms with van der Waals surface area (Å²) in [5.74, 6) is -0.619. The van der Waals surface area contributed by atoms with Crippen molar-refractivity contribution < 1.29 is 24.5 Å². The normalized spacial score (nSPS) is 11.7. The van der Waals surface area contributed by atoms with Crippen LogP contribution in [0.15, 0.2) is 97.1 Å². The van der Waals surface area contributed by atoms with Crippen molar-refractivity contribution in [3.8, 4) is 17.2 Å². The average molecular weight is 562 g/mol. The zero-order valence-electron chi connectivity index (χ0n) is 22.7. The first-order valence-electron chi connectivity index (χ1n) is 12.9. The second-order valence-corrected chi connectivity index (χ2v) is 10.2. The van der Waals surface area contributed by atoms with Gasteiger partial charge in [-0.3, -0.25) is 9.59 Å². The maximum absolute atomic E-state index is 12.3. The third kappa shape index (κ3) is 5.53. The molecule has 1 aliphatic carbocycles. The summed E-state index contributed by atoms with van der Waals surface area (Å²) in [6, 6.07) is 29.7. The molecule has 2 N–H and O–H groups in total. The van der Waals surface area contributed by atoms with Crippen molar-refractivity contribution in [1.29, 1.82) is 0 Å². The predicted octanol–water partition coefficient (Wildman–Crippen LogP) is 7.13. The molecule has 0 atom stereocenters. The van der Waals surface area contributed by atoms with Gasteiger partial charge in [0.05, 0.1) is 11.1 Å². The number of carbonyl (C=O) groups is 2. The number of hydrogen-bond donors (Lipinski definition) is 2. The molecule has 0 bridgehead atoms. The van der Waals surface area contributed by atoms with Crippen molar-refractivity contribution in [2.45, 2.75) is 13.8 Å². The lowest BCUT2D eigenvalue weighted by Crippen LogP contribution is -2.29. The Morgan fingerprint density at radius 2 is 1.39 bits per heavy atom. The Hall–Kier alpha value is -5.01. The third-order valence-corrected chi connectivity index (χ3v) is 7.19. The summed E-state index contributed by atoms with van der Waals surface area (Å²) < 4.78 is 5.84. The highest BCUT2D eigenvalue weighted by atomic mass is 32.1. The number of benzene rings is 5. The quantitative estimate of drug-likeness (QED) is 0.218. The number of nitrogens with zero attached hydrogens (tertiary/aromatic N) is 1. The number of aryl methyl sites for hydroxylation is 2. The monoisotopic (exact) mass is 561 g/mol. The Morgan fingerprint density at radius 3 is 2.15 bits per heavy atom. The van der Waals surface area contributed by atoms with Crippen LogP contribution in [-0.4, -0.2) is 34.0 Å². The average Bonchev–Trinajstić information content (AvgIpc) is 2.95. The van der Waals surface area contributed by atoms with Crippen LogP contribution in [0.4, 0.5) is 5.69 Å². The van der Waals surface area contributed by atoms with Crippen LogP contribution in [0.1, 0.15) is 43.0 Å². The Morgan fingerprint density at radius 1 is 0.683 bits per heavy atom. The SMILES string of the molecule is Cc1cc(O)c2c(c1)C(=O)c1cccc(O)c1C2=O.Cc1cccc(N(C)C(=S)Oc2ccc3ccccc3c2)c1. The Bertz CT molecular complexity index is 1850. The first-order valence-corrected chi connectivity index (χ1v) is 13.3. The van der Waals surface area contributed by atoms with Gasteiger partial charge in [0, 0.05) is 23.9 Å². The highest BCUT2D eigenvalue weighted by molar-refractivity contribution is 7.80. The van der Waals surface area contributed by atoms with Gasteiger partial charge in [-0.25, -0.2) is 0 Å². The van der Waals surface area contributed by atoms with Crippen LogP contribution in [0.25, 0.3) is 10.8 Å². The molecule has 7 heteroatoms. The van der Waals surface area contributed by atoms with Crippen LogP contribution in [0.2, 0.25) is 0 Å². The topological polar surface area (TPSA) is 87.1 Å². The largest absolute Gasteiger partial charge is 0.507 e. The second-order valence-electron chi connectivity index (χ2n) is 9.84. The molecule has 0 heterocycles. The first kappa shape index (κ1) is 27.6. The summed E-state index contributed by atoms with van der Waals surface area (Å²) in [7, 11) is 1.91. The lowest BCUT2D eigenvalue weighted by molar-refractivity contribution is 0.0974. The molecule has 0 saturated carbocycles. The van der Waals surface area contributed by atoms with Crippen molar-refractivity contribution in [2.75, 3.05) is 11.9 Å². The van der Waals surface area contributed by atoms with Gasteiger partial charge in [-0.05, 0) is 90.4 Å². The van der Waals surface area contributed by atoms with Gasteiger partial charge in [0.1, 0.15) is 17.2 Å². The minimum absolute atomic E-state index is 0.0374. The van der Waals surface area contributed by atoms with E-state index in [2.05, 4.69) is 31.2 Å². The lowest BCUT2D eigenvalue weighted by atomic mass is 9.82. The zero-order chi connectivity index (χ0) is 29.3. The molecular weight excluding hydrogens is 534 g/mol. The molecule has 0 amide bonds. The number of ether oxygens (including phenoxy) is 1. The van der Waals surface area contributed by atoms with Gasteiger partial charge in [0.15, 0.2) is 5.78 Å². The molecular formula is C34H27NO5S. The van der Waals surface area contributed by atoms with E-state index in [1.54, 1.807) is 13.0 Å². The van der Waals surface area contributed by atoms with E-state index in [0.29, 0.717) is 10.7 Å². The summed E-state index contributed by atoms with van der Waals surface area (Å²) in [6.45, 7) is 3.79. The summed E-state index contributed by atoms with van der Waals surface area (Å²) >= 11 is 5.41. The van der Waals surface area contributed by atoms with E-state index in [4.69, 9.17) is 17.0 Å². The summed E-state index contributed by atoms with van der Waals surface area (Å²) in [5.41, 5.74) is 3.18. The Labute approximate surface area is 243 Å². The number of ketones is 2. The highest BCUT2D eigenvalue weighted by Gasteiger charge is 2.34. The second kappa shape index (κ2) is 11.2. The number of phenols is 2. The molecule has 41 heavy (non-hydrogen) atoms. The van der Waals surface area contributed by atoms with Crippen LogP contribution >= 0.6 is 12.2 Å². The molecule has 0 radical (unpaired) electrons. The molecule has 0 aromatic heterocycles. The number of aromatic hydroxyl groups is 2. The molecule has 1 aliphatic rings. The lowest BCUT2D eigenvalue weighted by Gasteiger charge is -2.20. The van der Waals surface area contributed by atoms with Gasteiger partial charge in [0.25, 0.3) is 5.17 Å². The van der Waals surface area contributed by atoms with Gasteiger partial charge >= 0.3 is 0 Å². The van der Waals surface area contributed by atoms with E-state index in [1.807, 2.05) is 54.4 Å². The van der Waals surface area contributed by atoms with Gasteiger partial charge < -0.3 is 19.8 Å². The number of carbonyl (C=O) groups excluding carboxylic acids is 2. The smallest absolute Gasteiger partial charge is 0.269 e. The summed E-state index contributed by atoms with van der Waals surface area (Å²) in [5, 5.41) is 22.4. The molecule has 0 spiro atoms. The summed E-state index contributed by atoms with van der Waals surface area (Å²) in [6.07, 6.45) is 0. The van der Waals surface area contributed by atoms with E-state index in [9.17, 15) is 19.8 Å². The molecule has 5 aromatic rings. The van der Waals surface area contributed by atoms with Crippen molar-refractivity contribution in [1.82, 2.24) is 0 Å². The van der Waals surface area contributed by atoms with Crippen LogP contribution in [0.5, 0.6) is 17.2 Å². The third-order valence-electron chi connectivity index (χ3n) is 6.84. The highest BCUT2D eigenvalue weighted by Crippen LogP contribution is 2.37. The molecule has 6 rings (SSSR count). The van der Waals surface area contributed by atoms with E-state index >= 15 is 0 Å². The maximum Gasteiger partial charge on any atom is 0.269 e. The zero-order valence-corrected chi connectivity index (χ0v) is 23.5. The van der Waals surface area contributed by atoms with Crippen LogP contribution in [0, 0.1) is 13.8 Å². The number of phenolic OH excluding ortho intramolecular Hbond substituents is 2. The fourth-order valence-corrected chi connectivity index (χ4v) is 4.97. The van der Waals surface area contributed by atoms with Crippen molar-refractivity contribution >= 4 is 45.4 Å². The van der Waals surface area contributed by atoms with Gasteiger partial charge in [0.2, 0.25) is 5.78 Å². The van der Waals surface area contributed by atoms with Crippen molar-refractivity contribution in [2.24, 2.45) is 0 Å². The molecule has 0 unspecified atom stereocenters. The molecule has 6 nitrogen and oxygen atoms in total. The van der Waals surface area contributed by atoms with Crippen molar-refractivity contribution in [3.05, 3.63) is 130 Å². The van der Waals surface area contributed by atoms with Gasteiger partial charge in [-0.15, -0.1) is 0 Å². The van der Waals surface area contributed by atoms with E-state index in [1.165, 1.54) is 35.2 Å². The molecule has 204 valence electrons. The first-order chi connectivity index (χ1) is 19.6. The number of rotatable bonds is 2. The van der Waals surface area contributed by atoms with E-state index in [-0.39, 0.29) is 39.5 Å². The number of thiocarbonyl (C=S) groups is 1. The number of fused-ring (bicyclic) bond motifs is 3. The van der Waals surface area contributed by atoms with E-state index in [0.717, 1.165) is 16.8 Å². The molecule has 0 aliphatic heterocycles. The Kier molecular flexibility index (Phi) is 7.55. The fraction of sp³-hybridized carbons (Fsp3) is 0.0882. The maximum atomic E-state index is 12.3. The van der Waals surface area contributed by atoms with Gasteiger partial charge in [-0.1, -0.05) is 54.6 Å². The van der Waals surface area contributed by atoms with E-state index < -0.39 is 5.78 Å². The predicted molar refractivity (Wildman–Crippen MR) is 165 cm³/mol. The number of hydrogen-bond acceptors (Lipinski definition) is 6. The van der Waals surface area contributed by atoms with Gasteiger partial charge in [-0.2, -0.15) is 0 Å². The Balaban J connectivity index is 0.000000166. The minimum atomic E-state index is -0.528. The summed E-state index contributed by atoms with van der Waals surface area (Å²) in [4.78, 5) is 26.5. The number of anilines is 1. The fourth-order valence-electron chi connectivity index (χ4n) is 4.77. The van der Waals surface area contributed by atoms with Crippen LogP contribution in [0.3, 0.4) is 0 Å². The molecule has 0 fully saturated rings. The minimum Gasteiger partial charge on any atom is -0.507 e. The molecule has 5 aromatic carbocycles. The van der Waals surface area contributed by atoms with Crippen LogP contribution in [-0.2, 0) is 0 Å². The molecule has 0 saturated heterocycles. The van der Waals surface area contributed by atoms with Crippen LogP contribution < -0.4 is 9.64 Å². The van der Waals surface area contributed by atoms with Crippen molar-refractivity contribution in [3.63, 3.8) is 0 Å². The standard InChI is InChI=1S/C19H17NOS.C15H10O4/c1-14-6-5-9-17(12-14)20(2)19(22)21-18-11-10-15-7-3-4-8-16(15)13-18;1-7-5-9-13(11(17)6-7)15(19)12-8(14(9)18)3-2-4-10(12)16/h3-13H,1-2H3;2-6,16-17H,1H3.